The molecule has 0 aliphatic carbocycles. The summed E-state index contributed by atoms with van der Waals surface area (Å²) in [6, 6.07) is 24.5. The van der Waals surface area contributed by atoms with E-state index in [0.29, 0.717) is 11.3 Å². The van der Waals surface area contributed by atoms with Crippen molar-refractivity contribution in [3.8, 4) is 17.0 Å². The number of fused-ring (bicyclic) bond motifs is 1. The van der Waals surface area contributed by atoms with Crippen LogP contribution in [0.15, 0.2) is 85.1 Å². The van der Waals surface area contributed by atoms with Gasteiger partial charge in [0.1, 0.15) is 5.75 Å². The molecule has 4 nitrogen and oxygen atoms in total. The van der Waals surface area contributed by atoms with Gasteiger partial charge in [0, 0.05) is 11.1 Å². The van der Waals surface area contributed by atoms with Crippen molar-refractivity contribution >= 4 is 16.8 Å². The summed E-state index contributed by atoms with van der Waals surface area (Å²) in [5.41, 5.74) is 4.12. The zero-order valence-corrected chi connectivity index (χ0v) is 14.9. The fourth-order valence-electron chi connectivity index (χ4n) is 2.90. The Balaban J connectivity index is 1.50. The number of carbonyl (C=O) groups is 1. The van der Waals surface area contributed by atoms with Crippen LogP contribution in [0.1, 0.15) is 17.3 Å². The average molecular weight is 354 g/mol. The first-order valence-electron chi connectivity index (χ1n) is 8.79. The molecule has 1 atom stereocenters. The maximum Gasteiger partial charge on any atom is 0.202 e. The van der Waals surface area contributed by atoms with Crippen LogP contribution >= 0.6 is 0 Å². The Kier molecular flexibility index (Phi) is 4.62. The second kappa shape index (κ2) is 7.38. The Labute approximate surface area is 157 Å². The lowest BCUT2D eigenvalue weighted by molar-refractivity contribution is 0.0818. The summed E-state index contributed by atoms with van der Waals surface area (Å²) in [5, 5.41) is 0. The Hall–Kier alpha value is -3.53. The maximum atomic E-state index is 12.4. The number of hydrogen-bond acceptors (Lipinski definition) is 4. The van der Waals surface area contributed by atoms with Gasteiger partial charge in [0.2, 0.25) is 5.78 Å². The molecule has 0 bridgehead atoms. The standard InChI is InChI=1S/C23H18N2O2/c1-16(23(26)18-7-3-2-4-8-18)27-19-13-11-17(12-14-19)22-15-24-20-9-5-6-10-21(20)25-22/h2-16H,1H3/t16-/m0/s1. The van der Waals surface area contributed by atoms with Gasteiger partial charge in [-0.05, 0) is 43.3 Å². The van der Waals surface area contributed by atoms with Crippen molar-refractivity contribution in [1.29, 1.82) is 0 Å². The zero-order chi connectivity index (χ0) is 18.6. The van der Waals surface area contributed by atoms with Crippen molar-refractivity contribution in [2.24, 2.45) is 0 Å². The van der Waals surface area contributed by atoms with Gasteiger partial charge >= 0.3 is 0 Å². The van der Waals surface area contributed by atoms with Crippen LogP contribution in [0.3, 0.4) is 0 Å². The highest BCUT2D eigenvalue weighted by Gasteiger charge is 2.16. The summed E-state index contributed by atoms with van der Waals surface area (Å²) in [5.74, 6) is 0.601. The minimum absolute atomic E-state index is 0.0416. The van der Waals surface area contributed by atoms with E-state index in [1.807, 2.05) is 66.7 Å². The van der Waals surface area contributed by atoms with Crippen molar-refractivity contribution in [2.45, 2.75) is 13.0 Å². The Morgan fingerprint density at radius 3 is 2.26 bits per heavy atom. The molecule has 0 N–H and O–H groups in total. The summed E-state index contributed by atoms with van der Waals surface area (Å²) < 4.78 is 5.81. The largest absolute Gasteiger partial charge is 0.483 e. The number of ether oxygens (including phenoxy) is 1. The average Bonchev–Trinajstić information content (AvgIpc) is 2.74. The van der Waals surface area contributed by atoms with Crippen LogP contribution in [-0.2, 0) is 0 Å². The lowest BCUT2D eigenvalue weighted by atomic mass is 10.1. The van der Waals surface area contributed by atoms with Crippen LogP contribution in [0.5, 0.6) is 5.75 Å². The van der Waals surface area contributed by atoms with Gasteiger partial charge in [-0.3, -0.25) is 9.78 Å². The number of nitrogens with zero attached hydrogens (tertiary/aromatic N) is 2. The van der Waals surface area contributed by atoms with Gasteiger partial charge in [-0.25, -0.2) is 4.98 Å². The zero-order valence-electron chi connectivity index (χ0n) is 14.9. The van der Waals surface area contributed by atoms with Crippen LogP contribution in [0, 0.1) is 0 Å². The molecule has 1 aromatic heterocycles. The lowest BCUT2D eigenvalue weighted by Crippen LogP contribution is -2.23. The molecule has 3 aromatic carbocycles. The Morgan fingerprint density at radius 2 is 1.52 bits per heavy atom. The molecule has 0 saturated heterocycles. The number of carbonyl (C=O) groups excluding carboxylic acids is 1. The number of ketones is 1. The normalized spacial score (nSPS) is 11.9. The van der Waals surface area contributed by atoms with Crippen LogP contribution in [0.2, 0.25) is 0 Å². The van der Waals surface area contributed by atoms with Gasteiger partial charge < -0.3 is 4.74 Å². The molecule has 0 aliphatic rings. The molecule has 0 amide bonds. The number of Topliss-reactive ketones (excluding diaryl/α,β-unsaturated/α-hetero) is 1. The van der Waals surface area contributed by atoms with Gasteiger partial charge in [-0.15, -0.1) is 0 Å². The molecule has 27 heavy (non-hydrogen) atoms. The molecule has 0 aliphatic heterocycles. The summed E-state index contributed by atoms with van der Waals surface area (Å²) in [7, 11) is 0. The predicted octanol–water partition coefficient (Wildman–Crippen LogP) is 4.95. The molecule has 4 rings (SSSR count). The summed E-state index contributed by atoms with van der Waals surface area (Å²) in [6.45, 7) is 1.76. The number of hydrogen-bond donors (Lipinski definition) is 0. The van der Waals surface area contributed by atoms with Gasteiger partial charge in [0.25, 0.3) is 0 Å². The molecule has 4 heteroatoms. The highest BCUT2D eigenvalue weighted by atomic mass is 16.5. The van der Waals surface area contributed by atoms with Gasteiger partial charge in [0.15, 0.2) is 6.10 Å². The Morgan fingerprint density at radius 1 is 0.852 bits per heavy atom. The number of benzene rings is 3. The van der Waals surface area contributed by atoms with Crippen molar-refractivity contribution in [3.05, 3.63) is 90.6 Å². The summed E-state index contributed by atoms with van der Waals surface area (Å²) >= 11 is 0. The monoisotopic (exact) mass is 354 g/mol. The van der Waals surface area contributed by atoms with E-state index in [1.165, 1.54) is 0 Å². The molecule has 0 fully saturated rings. The van der Waals surface area contributed by atoms with Crippen LogP contribution in [-0.4, -0.2) is 21.9 Å². The van der Waals surface area contributed by atoms with Crippen molar-refractivity contribution < 1.29 is 9.53 Å². The molecule has 132 valence electrons. The van der Waals surface area contributed by atoms with E-state index in [-0.39, 0.29) is 5.78 Å². The van der Waals surface area contributed by atoms with E-state index in [4.69, 9.17) is 4.74 Å². The minimum Gasteiger partial charge on any atom is -0.483 e. The van der Waals surface area contributed by atoms with E-state index >= 15 is 0 Å². The maximum absolute atomic E-state index is 12.4. The number of rotatable bonds is 5. The molecule has 0 unspecified atom stereocenters. The first-order valence-corrected chi connectivity index (χ1v) is 8.79. The van der Waals surface area contributed by atoms with Crippen molar-refractivity contribution in [3.63, 3.8) is 0 Å². The smallest absolute Gasteiger partial charge is 0.202 e. The van der Waals surface area contributed by atoms with Gasteiger partial charge in [0.05, 0.1) is 22.9 Å². The number of para-hydroxylation sites is 2. The van der Waals surface area contributed by atoms with E-state index in [1.54, 1.807) is 25.3 Å². The van der Waals surface area contributed by atoms with Gasteiger partial charge in [-0.1, -0.05) is 42.5 Å². The van der Waals surface area contributed by atoms with E-state index in [9.17, 15) is 4.79 Å². The Bertz CT molecular complexity index is 1080. The molecule has 0 saturated carbocycles. The lowest BCUT2D eigenvalue weighted by Gasteiger charge is -2.14. The molecule has 0 spiro atoms. The van der Waals surface area contributed by atoms with E-state index in [2.05, 4.69) is 9.97 Å². The molecule has 1 heterocycles. The fraction of sp³-hybridized carbons (Fsp3) is 0.0870. The van der Waals surface area contributed by atoms with Crippen molar-refractivity contribution in [1.82, 2.24) is 9.97 Å². The summed E-state index contributed by atoms with van der Waals surface area (Å²) in [6.07, 6.45) is 1.21. The fourth-order valence-corrected chi connectivity index (χ4v) is 2.90. The predicted molar refractivity (Wildman–Crippen MR) is 106 cm³/mol. The first-order chi connectivity index (χ1) is 13.2. The minimum atomic E-state index is -0.557. The number of aromatic nitrogens is 2. The first kappa shape index (κ1) is 16.9. The molecule has 4 aromatic rings. The van der Waals surface area contributed by atoms with Crippen LogP contribution in [0.25, 0.3) is 22.3 Å². The van der Waals surface area contributed by atoms with E-state index in [0.717, 1.165) is 22.3 Å². The third-order valence-electron chi connectivity index (χ3n) is 4.34. The van der Waals surface area contributed by atoms with Gasteiger partial charge in [-0.2, -0.15) is 0 Å². The third-order valence-corrected chi connectivity index (χ3v) is 4.34. The highest BCUT2D eigenvalue weighted by Crippen LogP contribution is 2.23. The van der Waals surface area contributed by atoms with Crippen molar-refractivity contribution in [2.75, 3.05) is 0 Å². The molecular formula is C23H18N2O2. The van der Waals surface area contributed by atoms with E-state index < -0.39 is 6.10 Å². The third kappa shape index (κ3) is 3.70. The molecular weight excluding hydrogens is 336 g/mol. The molecule has 0 radical (unpaired) electrons. The highest BCUT2D eigenvalue weighted by molar-refractivity contribution is 5.99. The quantitative estimate of drug-likeness (QED) is 0.476. The summed E-state index contributed by atoms with van der Waals surface area (Å²) in [4.78, 5) is 21.5. The van der Waals surface area contributed by atoms with Crippen LogP contribution < -0.4 is 4.74 Å². The van der Waals surface area contributed by atoms with Crippen LogP contribution in [0.4, 0.5) is 0 Å². The second-order valence-corrected chi connectivity index (χ2v) is 6.26. The second-order valence-electron chi connectivity index (χ2n) is 6.26. The topological polar surface area (TPSA) is 52.1 Å². The SMILES string of the molecule is C[C@H](Oc1ccc(-c2cnc3ccccc3n2)cc1)C(=O)c1ccccc1.